The summed E-state index contributed by atoms with van der Waals surface area (Å²) in [4.78, 5) is 16.5. The molecular weight excluding hydrogens is 324 g/mol. The molecule has 8 nitrogen and oxygen atoms in total. The summed E-state index contributed by atoms with van der Waals surface area (Å²) in [5.74, 6) is 2.14. The molecule has 8 heteroatoms. The molecule has 132 valence electrons. The first-order valence-electron chi connectivity index (χ1n) is 8.50. The average molecular weight is 344 g/mol. The lowest BCUT2D eigenvalue weighted by Crippen LogP contribution is -2.15. The number of rotatable bonds is 4. The Morgan fingerprint density at radius 2 is 2.08 bits per heavy atom. The van der Waals surface area contributed by atoms with Crippen LogP contribution in [0.3, 0.4) is 0 Å². The molecule has 0 spiro atoms. The largest absolute Gasteiger partial charge is 0.490 e. The number of aromatic amines is 1. The van der Waals surface area contributed by atoms with Crippen molar-refractivity contribution in [1.82, 2.24) is 15.2 Å². The van der Waals surface area contributed by atoms with Crippen molar-refractivity contribution in [1.29, 1.82) is 0 Å². The SMILES string of the molecule is O=C(Cc1ccc2c(c1)OCCCO2)Nc1n[nH]c([C@H]2CCCO2)n1. The Morgan fingerprint density at radius 1 is 1.20 bits per heavy atom. The Bertz CT molecular complexity index is 755. The summed E-state index contributed by atoms with van der Waals surface area (Å²) in [6, 6.07) is 5.55. The summed E-state index contributed by atoms with van der Waals surface area (Å²) in [6.07, 6.45) is 2.93. The molecule has 2 aromatic rings. The summed E-state index contributed by atoms with van der Waals surface area (Å²) < 4.78 is 16.8. The normalized spacial score (nSPS) is 19.4. The maximum Gasteiger partial charge on any atom is 0.248 e. The topological polar surface area (TPSA) is 98.4 Å². The zero-order valence-electron chi connectivity index (χ0n) is 13.8. The van der Waals surface area contributed by atoms with Crippen LogP contribution in [0, 0.1) is 0 Å². The van der Waals surface area contributed by atoms with Gasteiger partial charge in [-0.2, -0.15) is 4.98 Å². The van der Waals surface area contributed by atoms with Crippen LogP contribution in [0.4, 0.5) is 5.95 Å². The first kappa shape index (κ1) is 15.9. The van der Waals surface area contributed by atoms with E-state index in [0.717, 1.165) is 37.2 Å². The number of fused-ring (bicyclic) bond motifs is 1. The molecule has 0 bridgehead atoms. The van der Waals surface area contributed by atoms with Gasteiger partial charge in [0.2, 0.25) is 11.9 Å². The minimum atomic E-state index is -0.188. The van der Waals surface area contributed by atoms with E-state index in [1.807, 2.05) is 18.2 Å². The fraction of sp³-hybridized carbons (Fsp3) is 0.471. The van der Waals surface area contributed by atoms with E-state index in [-0.39, 0.29) is 24.4 Å². The second-order valence-electron chi connectivity index (χ2n) is 6.10. The molecule has 1 fully saturated rings. The molecule has 0 saturated carbocycles. The third-order valence-corrected chi connectivity index (χ3v) is 4.17. The molecule has 2 aliphatic rings. The van der Waals surface area contributed by atoms with Crippen molar-refractivity contribution < 1.29 is 19.0 Å². The number of amides is 1. The zero-order valence-corrected chi connectivity index (χ0v) is 13.8. The summed E-state index contributed by atoms with van der Waals surface area (Å²) in [5, 5.41) is 9.57. The molecule has 3 heterocycles. The maximum atomic E-state index is 12.2. The number of hydrogen-bond acceptors (Lipinski definition) is 6. The van der Waals surface area contributed by atoms with Gasteiger partial charge in [-0.25, -0.2) is 0 Å². The third kappa shape index (κ3) is 3.74. The van der Waals surface area contributed by atoms with Crippen LogP contribution in [-0.4, -0.2) is 40.9 Å². The molecule has 1 aromatic heterocycles. The Kier molecular flexibility index (Phi) is 4.51. The van der Waals surface area contributed by atoms with Gasteiger partial charge in [0, 0.05) is 13.0 Å². The van der Waals surface area contributed by atoms with Crippen LogP contribution < -0.4 is 14.8 Å². The molecule has 1 amide bonds. The summed E-state index contributed by atoms with van der Waals surface area (Å²) in [6.45, 7) is 1.99. The van der Waals surface area contributed by atoms with E-state index in [4.69, 9.17) is 14.2 Å². The average Bonchev–Trinajstić information content (AvgIpc) is 3.23. The molecule has 0 radical (unpaired) electrons. The number of carbonyl (C=O) groups excluding carboxylic acids is 1. The van der Waals surface area contributed by atoms with E-state index in [2.05, 4.69) is 20.5 Å². The summed E-state index contributed by atoms with van der Waals surface area (Å²) >= 11 is 0. The first-order valence-corrected chi connectivity index (χ1v) is 8.50. The van der Waals surface area contributed by atoms with E-state index in [1.54, 1.807) is 0 Å². The molecule has 25 heavy (non-hydrogen) atoms. The van der Waals surface area contributed by atoms with Gasteiger partial charge in [0.1, 0.15) is 6.10 Å². The fourth-order valence-electron chi connectivity index (χ4n) is 2.94. The smallest absolute Gasteiger partial charge is 0.248 e. The fourth-order valence-corrected chi connectivity index (χ4v) is 2.94. The number of benzene rings is 1. The summed E-state index contributed by atoms with van der Waals surface area (Å²) in [5.41, 5.74) is 0.844. The Labute approximate surface area is 144 Å². The molecule has 1 atom stereocenters. The number of hydrogen-bond donors (Lipinski definition) is 2. The first-order chi connectivity index (χ1) is 12.3. The van der Waals surface area contributed by atoms with Gasteiger partial charge in [0.25, 0.3) is 0 Å². The highest BCUT2D eigenvalue weighted by atomic mass is 16.5. The van der Waals surface area contributed by atoms with E-state index < -0.39 is 0 Å². The van der Waals surface area contributed by atoms with Crippen molar-refractivity contribution in [2.24, 2.45) is 0 Å². The van der Waals surface area contributed by atoms with Gasteiger partial charge in [-0.05, 0) is 30.5 Å². The van der Waals surface area contributed by atoms with Crippen LogP contribution in [0.1, 0.15) is 36.8 Å². The van der Waals surface area contributed by atoms with Gasteiger partial charge in [-0.15, -0.1) is 5.10 Å². The van der Waals surface area contributed by atoms with Gasteiger partial charge in [0.15, 0.2) is 17.3 Å². The highest BCUT2D eigenvalue weighted by Crippen LogP contribution is 2.30. The van der Waals surface area contributed by atoms with Crippen LogP contribution in [0.15, 0.2) is 18.2 Å². The van der Waals surface area contributed by atoms with Gasteiger partial charge in [-0.1, -0.05) is 6.07 Å². The minimum absolute atomic E-state index is 0.0557. The molecule has 2 aliphatic heterocycles. The molecule has 1 aromatic carbocycles. The highest BCUT2D eigenvalue weighted by molar-refractivity contribution is 5.90. The van der Waals surface area contributed by atoms with Crippen molar-refractivity contribution in [3.8, 4) is 11.5 Å². The lowest BCUT2D eigenvalue weighted by Gasteiger charge is -2.09. The van der Waals surface area contributed by atoms with Crippen LogP contribution in [0.25, 0.3) is 0 Å². The number of ether oxygens (including phenoxy) is 3. The van der Waals surface area contributed by atoms with E-state index in [0.29, 0.717) is 24.8 Å². The predicted octanol–water partition coefficient (Wildman–Crippen LogP) is 2.00. The second-order valence-corrected chi connectivity index (χ2v) is 6.10. The molecule has 2 N–H and O–H groups in total. The summed E-state index contributed by atoms with van der Waals surface area (Å²) in [7, 11) is 0. The number of H-pyrrole nitrogens is 1. The lowest BCUT2D eigenvalue weighted by atomic mass is 10.1. The Balaban J connectivity index is 1.38. The van der Waals surface area contributed by atoms with Crippen molar-refractivity contribution in [3.05, 3.63) is 29.6 Å². The number of nitrogens with zero attached hydrogens (tertiary/aromatic N) is 2. The van der Waals surface area contributed by atoms with Crippen LogP contribution >= 0.6 is 0 Å². The lowest BCUT2D eigenvalue weighted by molar-refractivity contribution is -0.115. The minimum Gasteiger partial charge on any atom is -0.490 e. The Morgan fingerprint density at radius 3 is 2.92 bits per heavy atom. The highest BCUT2D eigenvalue weighted by Gasteiger charge is 2.22. The molecule has 0 aliphatic carbocycles. The van der Waals surface area contributed by atoms with Crippen molar-refractivity contribution in [2.75, 3.05) is 25.1 Å². The third-order valence-electron chi connectivity index (χ3n) is 4.17. The maximum absolute atomic E-state index is 12.2. The van der Waals surface area contributed by atoms with Crippen molar-refractivity contribution >= 4 is 11.9 Å². The van der Waals surface area contributed by atoms with E-state index in [9.17, 15) is 4.79 Å². The van der Waals surface area contributed by atoms with Crippen molar-refractivity contribution in [3.63, 3.8) is 0 Å². The monoisotopic (exact) mass is 344 g/mol. The number of carbonyl (C=O) groups is 1. The quantitative estimate of drug-likeness (QED) is 0.880. The predicted molar refractivity (Wildman–Crippen MR) is 88.7 cm³/mol. The Hall–Kier alpha value is -2.61. The second kappa shape index (κ2) is 7.10. The van der Waals surface area contributed by atoms with Gasteiger partial charge in [-0.3, -0.25) is 15.2 Å². The molecular formula is C17H20N4O4. The van der Waals surface area contributed by atoms with E-state index >= 15 is 0 Å². The molecule has 1 saturated heterocycles. The van der Waals surface area contributed by atoms with Crippen LogP contribution in [0.5, 0.6) is 11.5 Å². The van der Waals surface area contributed by atoms with Gasteiger partial charge in [0.05, 0.1) is 19.6 Å². The zero-order chi connectivity index (χ0) is 17.1. The standard InChI is InChI=1S/C17H20N4O4/c22-15(18-17-19-16(20-21-17)13-3-1-6-24-13)10-11-4-5-12-14(9-11)25-8-2-7-23-12/h4-5,9,13H,1-3,6-8,10H2,(H2,18,19,20,21,22)/t13-/m1/s1. The van der Waals surface area contributed by atoms with Gasteiger partial charge >= 0.3 is 0 Å². The number of aromatic nitrogens is 3. The molecule has 4 rings (SSSR count). The number of anilines is 1. The van der Waals surface area contributed by atoms with Crippen molar-refractivity contribution in [2.45, 2.75) is 31.8 Å². The van der Waals surface area contributed by atoms with Crippen LogP contribution in [-0.2, 0) is 16.0 Å². The van der Waals surface area contributed by atoms with E-state index in [1.165, 1.54) is 0 Å². The molecule has 0 unspecified atom stereocenters. The van der Waals surface area contributed by atoms with Crippen LogP contribution in [0.2, 0.25) is 0 Å². The van der Waals surface area contributed by atoms with Gasteiger partial charge < -0.3 is 14.2 Å². The number of nitrogens with one attached hydrogen (secondary N) is 2.